The van der Waals surface area contributed by atoms with E-state index in [4.69, 9.17) is 19.1 Å². The number of carbonyl (C=O) groups is 1. The zero-order valence-corrected chi connectivity index (χ0v) is 18.2. The third kappa shape index (κ3) is 3.11. The molecule has 0 spiro atoms. The van der Waals surface area contributed by atoms with E-state index in [-0.39, 0.29) is 35.7 Å². The van der Waals surface area contributed by atoms with Crippen LogP contribution in [0.3, 0.4) is 0 Å². The topological polar surface area (TPSA) is 57.2 Å². The van der Waals surface area contributed by atoms with Gasteiger partial charge in [-0.25, -0.2) is 9.63 Å². The van der Waals surface area contributed by atoms with Crippen LogP contribution in [0.25, 0.3) is 0 Å². The minimum atomic E-state index is -0.595. The van der Waals surface area contributed by atoms with Crippen molar-refractivity contribution in [2.24, 2.45) is 17.8 Å². The Labute approximate surface area is 178 Å². The number of esters is 1. The number of benzene rings is 1. The Hall–Kier alpha value is -1.47. The van der Waals surface area contributed by atoms with Gasteiger partial charge < -0.3 is 9.47 Å². The monoisotopic (exact) mass is 415 g/mol. The van der Waals surface area contributed by atoms with Crippen molar-refractivity contribution in [3.05, 3.63) is 35.9 Å². The van der Waals surface area contributed by atoms with E-state index in [1.807, 2.05) is 0 Å². The standard InChI is InChI=1S/C24H33NO5/c1-15-18-13-14-19-21(22(26)27-3)29-25(24(18,19)2)30-23(15)28-20-12-8-7-11-17(20)16-9-5-4-6-10-16/h4-6,9-10,15,17-21,23H,7-8,11-14H2,1-3H3/t15-,17+,18-,19+,20-,21-,23-,24+/m1/s1. The van der Waals surface area contributed by atoms with Gasteiger partial charge in [0, 0.05) is 17.8 Å². The van der Waals surface area contributed by atoms with Gasteiger partial charge in [0.25, 0.3) is 0 Å². The fraction of sp³-hybridized carbons (Fsp3) is 0.708. The molecule has 1 aromatic rings. The third-order valence-electron chi connectivity index (χ3n) is 8.19. The highest BCUT2D eigenvalue weighted by Gasteiger charge is 2.67. The summed E-state index contributed by atoms with van der Waals surface area (Å²) in [6.07, 6.45) is 5.76. The van der Waals surface area contributed by atoms with E-state index in [1.165, 1.54) is 25.5 Å². The summed E-state index contributed by atoms with van der Waals surface area (Å²) < 4.78 is 11.7. The molecule has 2 heterocycles. The van der Waals surface area contributed by atoms with Gasteiger partial charge in [-0.3, -0.25) is 4.84 Å². The molecule has 4 aliphatic rings. The van der Waals surface area contributed by atoms with Gasteiger partial charge in [-0.05, 0) is 44.1 Å². The first-order valence-corrected chi connectivity index (χ1v) is 11.5. The van der Waals surface area contributed by atoms with E-state index in [2.05, 4.69) is 44.2 Å². The van der Waals surface area contributed by atoms with Crippen molar-refractivity contribution in [2.45, 2.75) is 82.3 Å². The minimum Gasteiger partial charge on any atom is -0.467 e. The highest BCUT2D eigenvalue weighted by atomic mass is 17.0. The van der Waals surface area contributed by atoms with Crippen LogP contribution in [0.5, 0.6) is 0 Å². The van der Waals surface area contributed by atoms with Crippen LogP contribution in [-0.4, -0.2) is 42.3 Å². The highest BCUT2D eigenvalue weighted by Crippen LogP contribution is 2.58. The molecule has 4 fully saturated rings. The van der Waals surface area contributed by atoms with Crippen LogP contribution in [-0.2, 0) is 23.9 Å². The van der Waals surface area contributed by atoms with Gasteiger partial charge in [0.05, 0.1) is 18.8 Å². The molecule has 0 N–H and O–H groups in total. The van der Waals surface area contributed by atoms with Crippen LogP contribution in [0.15, 0.2) is 30.3 Å². The van der Waals surface area contributed by atoms with Crippen molar-refractivity contribution < 1.29 is 23.9 Å². The van der Waals surface area contributed by atoms with E-state index >= 15 is 0 Å². The molecule has 0 amide bonds. The fourth-order valence-electron chi connectivity index (χ4n) is 6.54. The zero-order chi connectivity index (χ0) is 20.9. The average molecular weight is 416 g/mol. The fourth-order valence-corrected chi connectivity index (χ4v) is 6.54. The molecule has 1 aromatic carbocycles. The Bertz CT molecular complexity index is 772. The number of ether oxygens (including phenoxy) is 2. The molecule has 5 rings (SSSR count). The number of hydrogen-bond acceptors (Lipinski definition) is 6. The van der Waals surface area contributed by atoms with Crippen LogP contribution in [0.1, 0.15) is 63.9 Å². The SMILES string of the molecule is COC(=O)[C@@H]1ON2O[C@@H](O[C@@H]3CCCC[C@H]3c3ccccc3)[C@H](C)[C@H]3CC[C@@H]1[C@]32C. The molecule has 2 aliphatic carbocycles. The Balaban J connectivity index is 1.36. The van der Waals surface area contributed by atoms with E-state index in [1.54, 1.807) is 5.23 Å². The van der Waals surface area contributed by atoms with Crippen molar-refractivity contribution in [1.29, 1.82) is 0 Å². The van der Waals surface area contributed by atoms with E-state index in [0.717, 1.165) is 25.7 Å². The summed E-state index contributed by atoms with van der Waals surface area (Å²) in [5.74, 6) is 0.749. The number of carbonyl (C=O) groups excluding carboxylic acids is 1. The lowest BCUT2D eigenvalue weighted by Crippen LogP contribution is -2.58. The second-order valence-electron chi connectivity index (χ2n) is 9.63. The summed E-state index contributed by atoms with van der Waals surface area (Å²) in [4.78, 5) is 24.6. The van der Waals surface area contributed by atoms with Crippen molar-refractivity contribution in [3.63, 3.8) is 0 Å². The highest BCUT2D eigenvalue weighted by molar-refractivity contribution is 5.75. The Morgan fingerprint density at radius 1 is 1.07 bits per heavy atom. The summed E-state index contributed by atoms with van der Waals surface area (Å²) >= 11 is 0. The van der Waals surface area contributed by atoms with Crippen molar-refractivity contribution >= 4 is 5.97 Å². The summed E-state index contributed by atoms with van der Waals surface area (Å²) in [5, 5.41) is 1.60. The molecule has 8 atom stereocenters. The Morgan fingerprint density at radius 2 is 1.80 bits per heavy atom. The maximum atomic E-state index is 12.3. The van der Waals surface area contributed by atoms with E-state index < -0.39 is 6.10 Å². The molecule has 0 radical (unpaired) electrons. The number of hydroxylamine groups is 2. The first kappa shape index (κ1) is 20.4. The largest absolute Gasteiger partial charge is 0.467 e. The normalized spacial score (nSPS) is 43.4. The quantitative estimate of drug-likeness (QED) is 0.687. The molecule has 164 valence electrons. The summed E-state index contributed by atoms with van der Waals surface area (Å²) in [6.45, 7) is 4.39. The number of methoxy groups -OCH3 is 1. The number of nitrogens with zero attached hydrogens (tertiary/aromatic N) is 1. The number of rotatable bonds is 4. The van der Waals surface area contributed by atoms with Gasteiger partial charge in [0.15, 0.2) is 12.4 Å². The molecule has 30 heavy (non-hydrogen) atoms. The summed E-state index contributed by atoms with van der Waals surface area (Å²) in [5.41, 5.74) is 1.03. The predicted octanol–water partition coefficient (Wildman–Crippen LogP) is 4.21. The van der Waals surface area contributed by atoms with E-state index in [9.17, 15) is 4.79 Å². The lowest BCUT2D eigenvalue weighted by atomic mass is 9.74. The Morgan fingerprint density at radius 3 is 2.57 bits per heavy atom. The molecular formula is C24H33NO5. The molecule has 6 heteroatoms. The molecular weight excluding hydrogens is 382 g/mol. The van der Waals surface area contributed by atoms with Crippen LogP contribution in [0.4, 0.5) is 0 Å². The number of hydrogen-bond donors (Lipinski definition) is 0. The maximum absolute atomic E-state index is 12.3. The lowest BCUT2D eigenvalue weighted by Gasteiger charge is -2.49. The molecule has 6 nitrogen and oxygen atoms in total. The van der Waals surface area contributed by atoms with Gasteiger partial charge in [0.2, 0.25) is 0 Å². The van der Waals surface area contributed by atoms with Gasteiger partial charge >= 0.3 is 5.97 Å². The third-order valence-corrected chi connectivity index (χ3v) is 8.19. The summed E-state index contributed by atoms with van der Waals surface area (Å²) in [7, 11) is 1.42. The van der Waals surface area contributed by atoms with Crippen molar-refractivity contribution in [1.82, 2.24) is 5.23 Å². The van der Waals surface area contributed by atoms with Gasteiger partial charge in [0.1, 0.15) is 0 Å². The lowest BCUT2D eigenvalue weighted by molar-refractivity contribution is -0.473. The average Bonchev–Trinajstić information content (AvgIpc) is 3.27. The van der Waals surface area contributed by atoms with Crippen molar-refractivity contribution in [2.75, 3.05) is 7.11 Å². The van der Waals surface area contributed by atoms with Crippen LogP contribution < -0.4 is 0 Å². The molecule has 2 saturated heterocycles. The summed E-state index contributed by atoms with van der Waals surface area (Å²) in [6, 6.07) is 10.7. The van der Waals surface area contributed by atoms with E-state index in [0.29, 0.717) is 11.8 Å². The maximum Gasteiger partial charge on any atom is 0.337 e. The van der Waals surface area contributed by atoms with Crippen molar-refractivity contribution in [3.8, 4) is 0 Å². The first-order valence-electron chi connectivity index (χ1n) is 11.5. The molecule has 0 bridgehead atoms. The molecule has 2 aliphatic heterocycles. The Kier molecular flexibility index (Phi) is 5.38. The molecule has 2 saturated carbocycles. The minimum absolute atomic E-state index is 0.0881. The molecule has 0 aromatic heterocycles. The van der Waals surface area contributed by atoms with Gasteiger partial charge in [-0.1, -0.05) is 55.3 Å². The van der Waals surface area contributed by atoms with Crippen LogP contribution in [0, 0.1) is 17.8 Å². The van der Waals surface area contributed by atoms with Crippen LogP contribution in [0.2, 0.25) is 0 Å². The second kappa shape index (κ2) is 7.90. The zero-order valence-electron chi connectivity index (χ0n) is 18.2. The smallest absolute Gasteiger partial charge is 0.337 e. The van der Waals surface area contributed by atoms with Gasteiger partial charge in [-0.2, -0.15) is 0 Å². The van der Waals surface area contributed by atoms with Crippen LogP contribution >= 0.6 is 0 Å². The molecule has 0 unspecified atom stereocenters. The predicted molar refractivity (Wildman–Crippen MR) is 110 cm³/mol. The van der Waals surface area contributed by atoms with Gasteiger partial charge in [-0.15, -0.1) is 0 Å². The second-order valence-corrected chi connectivity index (χ2v) is 9.63. The first-order chi connectivity index (χ1) is 14.5.